The third-order valence-electron chi connectivity index (χ3n) is 14.3. The first kappa shape index (κ1) is 36.8. The van der Waals surface area contributed by atoms with Gasteiger partial charge in [-0.05, 0) is 103 Å². The summed E-state index contributed by atoms with van der Waals surface area (Å²) in [7, 11) is 0. The Bertz CT molecular complexity index is 4120. The molecule has 3 aliphatic rings. The van der Waals surface area contributed by atoms with Crippen molar-refractivity contribution in [3.63, 3.8) is 0 Å². The summed E-state index contributed by atoms with van der Waals surface area (Å²) in [5.74, 6) is 3.10. The van der Waals surface area contributed by atoms with Crippen LogP contribution in [-0.2, 0) is 5.41 Å². The van der Waals surface area contributed by atoms with Gasteiger partial charge in [0.1, 0.15) is 11.5 Å². The predicted octanol–water partition coefficient (Wildman–Crippen LogP) is 14.6. The van der Waals surface area contributed by atoms with E-state index in [0.717, 1.165) is 118 Å². The summed E-state index contributed by atoms with van der Waals surface area (Å²) >= 11 is 0. The molecule has 1 unspecified atom stereocenters. The van der Waals surface area contributed by atoms with Crippen LogP contribution in [0.3, 0.4) is 0 Å². The smallest absolute Gasteiger partial charge is 0.151 e. The molecule has 0 saturated carbocycles. The van der Waals surface area contributed by atoms with E-state index >= 15 is 0 Å². The summed E-state index contributed by atoms with van der Waals surface area (Å²) in [6.07, 6.45) is 3.85. The largest absolute Gasteiger partial charge is 0.457 e. The van der Waals surface area contributed by atoms with Crippen LogP contribution in [0.5, 0.6) is 23.0 Å². The molecule has 0 bridgehead atoms. The fourth-order valence-electron chi connectivity index (χ4n) is 11.5. The molecule has 1 spiro atoms. The minimum Gasteiger partial charge on any atom is -0.457 e. The Morgan fingerprint density at radius 1 is 0.412 bits per heavy atom. The number of hydrogen-bond acceptors (Lipinski definition) is 6. The molecule has 8 aromatic carbocycles. The van der Waals surface area contributed by atoms with Crippen molar-refractivity contribution in [2.75, 3.05) is 4.90 Å². The van der Waals surface area contributed by atoms with Gasteiger partial charge in [-0.2, -0.15) is 5.26 Å². The quantitative estimate of drug-likeness (QED) is 0.176. The second-order valence-electron chi connectivity index (χ2n) is 17.6. The minimum atomic E-state index is -0.800. The first-order valence-electron chi connectivity index (χ1n) is 22.7. The number of nitriles is 1. The van der Waals surface area contributed by atoms with Crippen molar-refractivity contribution in [2.45, 2.75) is 5.41 Å². The zero-order valence-corrected chi connectivity index (χ0v) is 36.1. The summed E-state index contributed by atoms with van der Waals surface area (Å²) in [6.45, 7) is 0. The first-order chi connectivity index (χ1) is 33.7. The lowest BCUT2D eigenvalue weighted by Gasteiger charge is -2.39. The Balaban J connectivity index is 0.956. The Morgan fingerprint density at radius 3 is 1.75 bits per heavy atom. The minimum absolute atomic E-state index is 0.595. The van der Waals surface area contributed by atoms with E-state index in [1.807, 2.05) is 73.1 Å². The molecular weight excluding hydrogens is 837 g/mol. The van der Waals surface area contributed by atoms with Gasteiger partial charge in [-0.3, -0.25) is 9.97 Å². The fourth-order valence-corrected chi connectivity index (χ4v) is 11.5. The molecule has 6 heterocycles. The second-order valence-corrected chi connectivity index (χ2v) is 17.6. The van der Waals surface area contributed by atoms with E-state index in [2.05, 4.69) is 154 Å². The van der Waals surface area contributed by atoms with Crippen LogP contribution in [0, 0.1) is 11.3 Å². The number of aromatic nitrogens is 4. The average molecular weight is 871 g/mol. The number of ether oxygens (including phenoxy) is 2. The monoisotopic (exact) mass is 870 g/mol. The predicted molar refractivity (Wildman–Crippen MR) is 268 cm³/mol. The SMILES string of the molecule is N#Cc1ccc2c(c1)c1cc(N3c4ccccc4Oc4ccccc43)ccc1n2-c1ccc2c(c1)Oc1ccccc1C21c2cccnc2-c2ncc(-n3c4ccccc4c4ccccc43)cc21. The van der Waals surface area contributed by atoms with Gasteiger partial charge in [0, 0.05) is 61.9 Å². The lowest BCUT2D eigenvalue weighted by molar-refractivity contribution is 0.436. The zero-order valence-electron chi connectivity index (χ0n) is 36.1. The third kappa shape index (κ3) is 4.81. The number of anilines is 3. The fraction of sp³-hybridized carbons (Fsp3) is 0.0167. The molecule has 8 nitrogen and oxygen atoms in total. The molecular formula is C60H34N6O2. The van der Waals surface area contributed by atoms with Crippen molar-refractivity contribution in [1.82, 2.24) is 19.1 Å². The average Bonchev–Trinajstić information content (AvgIpc) is 4.01. The topological polar surface area (TPSA) is 81.1 Å². The van der Waals surface area contributed by atoms with Crippen molar-refractivity contribution < 1.29 is 9.47 Å². The highest BCUT2D eigenvalue weighted by molar-refractivity contribution is 6.12. The van der Waals surface area contributed by atoms with Crippen molar-refractivity contribution in [1.29, 1.82) is 5.26 Å². The van der Waals surface area contributed by atoms with Crippen molar-refractivity contribution in [3.8, 4) is 51.8 Å². The maximum Gasteiger partial charge on any atom is 0.151 e. The van der Waals surface area contributed by atoms with Gasteiger partial charge >= 0.3 is 0 Å². The van der Waals surface area contributed by atoms with Gasteiger partial charge in [-0.1, -0.05) is 91.0 Å². The van der Waals surface area contributed by atoms with Gasteiger partial charge in [-0.25, -0.2) is 0 Å². The number of hydrogen-bond donors (Lipinski definition) is 0. The van der Waals surface area contributed by atoms with Gasteiger partial charge in [0.2, 0.25) is 0 Å². The van der Waals surface area contributed by atoms with Crippen molar-refractivity contribution in [3.05, 3.63) is 234 Å². The molecule has 68 heavy (non-hydrogen) atoms. The normalized spacial score (nSPS) is 15.0. The van der Waals surface area contributed by atoms with Crippen LogP contribution in [0.4, 0.5) is 17.1 Å². The Hall–Kier alpha value is -9.45. The Labute approximate surface area is 389 Å². The molecule has 8 heteroatoms. The number of fused-ring (bicyclic) bond motifs is 17. The Kier molecular flexibility index (Phi) is 7.34. The number of rotatable bonds is 3. The van der Waals surface area contributed by atoms with Crippen LogP contribution in [-0.4, -0.2) is 19.1 Å². The number of pyridine rings is 2. The molecule has 316 valence electrons. The highest BCUT2D eigenvalue weighted by atomic mass is 16.5. The van der Waals surface area contributed by atoms with Gasteiger partial charge in [-0.15, -0.1) is 0 Å². The molecule has 0 amide bonds. The van der Waals surface area contributed by atoms with Crippen LogP contribution in [0.15, 0.2) is 207 Å². The zero-order chi connectivity index (χ0) is 44.7. The summed E-state index contributed by atoms with van der Waals surface area (Å²) in [5, 5.41) is 14.6. The lowest BCUT2D eigenvalue weighted by atomic mass is 9.66. The van der Waals surface area contributed by atoms with E-state index in [-0.39, 0.29) is 0 Å². The standard InChI is InChI=1S/C60H34N6O2/c61-34-36-23-27-50-42(30-36)43-31-37(65-52-18-6-9-21-55(52)68-56-22-10-7-19-53(56)65)25-28-51(43)64(50)38-24-26-45-57(33-38)67-54-20-8-3-14-44(54)60(45)46-15-11-29-62-58(46)59-47(60)32-39(35-63-59)66-48-16-4-1-12-40(48)41-13-2-5-17-49(41)66/h1-33,35H. The van der Waals surface area contributed by atoms with E-state index in [1.165, 1.54) is 10.8 Å². The molecule has 1 atom stereocenters. The molecule has 0 N–H and O–H groups in total. The van der Waals surface area contributed by atoms with Crippen molar-refractivity contribution in [2.24, 2.45) is 0 Å². The van der Waals surface area contributed by atoms with E-state index in [4.69, 9.17) is 19.4 Å². The van der Waals surface area contributed by atoms with E-state index in [0.29, 0.717) is 5.56 Å². The molecule has 12 aromatic rings. The van der Waals surface area contributed by atoms with Crippen LogP contribution >= 0.6 is 0 Å². The van der Waals surface area contributed by atoms with Crippen molar-refractivity contribution >= 4 is 60.7 Å². The maximum absolute atomic E-state index is 10.2. The second kappa shape index (κ2) is 13.5. The summed E-state index contributed by atoms with van der Waals surface area (Å²) in [4.78, 5) is 12.6. The highest BCUT2D eigenvalue weighted by Gasteiger charge is 2.52. The molecule has 0 saturated heterocycles. The summed E-state index contributed by atoms with van der Waals surface area (Å²) in [5.41, 5.74) is 14.7. The number of benzene rings is 8. The van der Waals surface area contributed by atoms with Gasteiger partial charge in [0.05, 0.1) is 73.8 Å². The van der Waals surface area contributed by atoms with Gasteiger partial charge < -0.3 is 23.5 Å². The number of nitrogens with zero attached hydrogens (tertiary/aromatic N) is 6. The van der Waals surface area contributed by atoms with Crippen LogP contribution < -0.4 is 14.4 Å². The summed E-state index contributed by atoms with van der Waals surface area (Å²) in [6, 6.07) is 69.9. The lowest BCUT2D eigenvalue weighted by Crippen LogP contribution is -2.32. The highest BCUT2D eigenvalue weighted by Crippen LogP contribution is 2.62. The number of para-hydroxylation sites is 7. The molecule has 0 radical (unpaired) electrons. The first-order valence-corrected chi connectivity index (χ1v) is 22.7. The summed E-state index contributed by atoms with van der Waals surface area (Å²) < 4.78 is 18.0. The molecule has 15 rings (SSSR count). The van der Waals surface area contributed by atoms with Crippen LogP contribution in [0.2, 0.25) is 0 Å². The van der Waals surface area contributed by atoms with E-state index < -0.39 is 5.41 Å². The van der Waals surface area contributed by atoms with E-state index in [1.54, 1.807) is 0 Å². The molecule has 2 aliphatic heterocycles. The van der Waals surface area contributed by atoms with E-state index in [9.17, 15) is 5.26 Å². The van der Waals surface area contributed by atoms with Gasteiger partial charge in [0.25, 0.3) is 0 Å². The van der Waals surface area contributed by atoms with Crippen LogP contribution in [0.25, 0.3) is 66.4 Å². The Morgan fingerprint density at radius 2 is 0.985 bits per heavy atom. The van der Waals surface area contributed by atoms with Gasteiger partial charge in [0.15, 0.2) is 11.5 Å². The molecule has 0 fully saturated rings. The molecule has 1 aliphatic carbocycles. The maximum atomic E-state index is 10.2. The van der Waals surface area contributed by atoms with Crippen LogP contribution in [0.1, 0.15) is 27.8 Å². The third-order valence-corrected chi connectivity index (χ3v) is 14.3. The molecule has 4 aromatic heterocycles.